The molecule has 0 amide bonds. The summed E-state index contributed by atoms with van der Waals surface area (Å²) in [4.78, 5) is 6.62. The van der Waals surface area contributed by atoms with Crippen molar-refractivity contribution in [3.63, 3.8) is 0 Å². The van der Waals surface area contributed by atoms with E-state index >= 15 is 0 Å². The largest absolute Gasteiger partial charge is 0.384 e. The first-order valence-corrected chi connectivity index (χ1v) is 6.18. The van der Waals surface area contributed by atoms with Crippen LogP contribution in [0.25, 0.3) is 0 Å². The Bertz CT molecular complexity index is 472. The molecular formula is C13H20N4O. The molecule has 18 heavy (non-hydrogen) atoms. The zero-order valence-electron chi connectivity index (χ0n) is 11.2. The lowest BCUT2D eigenvalue weighted by atomic mass is 10.1. The van der Waals surface area contributed by atoms with Gasteiger partial charge in [0.05, 0.1) is 29.7 Å². The van der Waals surface area contributed by atoms with Gasteiger partial charge in [0.15, 0.2) is 0 Å². The lowest BCUT2D eigenvalue weighted by Gasteiger charge is -2.34. The molecule has 1 saturated heterocycles. The Morgan fingerprint density at radius 1 is 1.56 bits per heavy atom. The highest BCUT2D eigenvalue weighted by atomic mass is 16.5. The highest BCUT2D eigenvalue weighted by molar-refractivity contribution is 6.01. The number of ether oxygens (including phenoxy) is 1. The second-order valence-electron chi connectivity index (χ2n) is 4.78. The van der Waals surface area contributed by atoms with E-state index in [1.165, 1.54) is 0 Å². The summed E-state index contributed by atoms with van der Waals surface area (Å²) in [6.45, 7) is 8.28. The van der Waals surface area contributed by atoms with Gasteiger partial charge in [-0.3, -0.25) is 10.4 Å². The minimum absolute atomic E-state index is 0.0779. The first kappa shape index (κ1) is 12.8. The van der Waals surface area contributed by atoms with Gasteiger partial charge < -0.3 is 15.4 Å². The van der Waals surface area contributed by atoms with Crippen LogP contribution in [0.1, 0.15) is 23.9 Å². The summed E-state index contributed by atoms with van der Waals surface area (Å²) >= 11 is 0. The fraction of sp³-hybridized carbons (Fsp3) is 0.538. The van der Waals surface area contributed by atoms with Crippen LogP contribution in [0.4, 0.5) is 5.69 Å². The molecule has 0 aromatic carbocycles. The van der Waals surface area contributed by atoms with Crippen LogP contribution in [-0.4, -0.2) is 36.6 Å². The summed E-state index contributed by atoms with van der Waals surface area (Å²) in [5.41, 5.74) is 9.21. The predicted molar refractivity (Wildman–Crippen MR) is 72.4 cm³/mol. The van der Waals surface area contributed by atoms with Gasteiger partial charge in [0, 0.05) is 18.8 Å². The number of nitrogens with one attached hydrogen (secondary N) is 1. The monoisotopic (exact) mass is 248 g/mol. The quantitative estimate of drug-likeness (QED) is 0.609. The van der Waals surface area contributed by atoms with Crippen molar-refractivity contribution in [2.45, 2.75) is 26.9 Å². The van der Waals surface area contributed by atoms with Crippen LogP contribution in [0.2, 0.25) is 0 Å². The summed E-state index contributed by atoms with van der Waals surface area (Å²) < 4.78 is 5.55. The molecule has 0 spiro atoms. The molecule has 2 rings (SSSR count). The fourth-order valence-electron chi connectivity index (χ4n) is 2.43. The molecule has 1 fully saturated rings. The van der Waals surface area contributed by atoms with Crippen LogP contribution >= 0.6 is 0 Å². The van der Waals surface area contributed by atoms with Crippen LogP contribution in [0.5, 0.6) is 0 Å². The molecule has 2 heterocycles. The van der Waals surface area contributed by atoms with Gasteiger partial charge in [-0.05, 0) is 26.8 Å². The van der Waals surface area contributed by atoms with Crippen molar-refractivity contribution in [3.8, 4) is 0 Å². The third-order valence-corrected chi connectivity index (χ3v) is 3.16. The van der Waals surface area contributed by atoms with E-state index in [1.54, 1.807) is 0 Å². The zero-order valence-corrected chi connectivity index (χ0v) is 11.2. The van der Waals surface area contributed by atoms with Crippen molar-refractivity contribution < 1.29 is 4.74 Å². The van der Waals surface area contributed by atoms with Crippen molar-refractivity contribution in [1.29, 1.82) is 5.41 Å². The maximum absolute atomic E-state index is 7.74. The van der Waals surface area contributed by atoms with E-state index < -0.39 is 0 Å². The third-order valence-electron chi connectivity index (χ3n) is 3.16. The second-order valence-corrected chi connectivity index (χ2v) is 4.78. The maximum Gasteiger partial charge on any atom is 0.126 e. The second kappa shape index (κ2) is 4.94. The lowest BCUT2D eigenvalue weighted by molar-refractivity contribution is 0.0532. The van der Waals surface area contributed by atoms with Crippen LogP contribution in [0.3, 0.4) is 0 Å². The molecule has 1 aliphatic rings. The van der Waals surface area contributed by atoms with Gasteiger partial charge >= 0.3 is 0 Å². The number of hydrogen-bond acceptors (Lipinski definition) is 4. The number of hydrogen-bond donors (Lipinski definition) is 2. The number of morpholine rings is 1. The first-order valence-electron chi connectivity index (χ1n) is 6.18. The molecule has 5 nitrogen and oxygen atoms in total. The normalized spacial score (nSPS) is 19.9. The number of aromatic nitrogens is 1. The predicted octanol–water partition coefficient (Wildman–Crippen LogP) is 1.21. The van der Waals surface area contributed by atoms with Crippen LogP contribution in [0.15, 0.2) is 6.07 Å². The Kier molecular flexibility index (Phi) is 3.52. The molecule has 0 aliphatic carbocycles. The van der Waals surface area contributed by atoms with Crippen molar-refractivity contribution >= 4 is 11.5 Å². The van der Waals surface area contributed by atoms with Gasteiger partial charge in [-0.15, -0.1) is 0 Å². The molecule has 0 radical (unpaired) electrons. The van der Waals surface area contributed by atoms with Crippen molar-refractivity contribution in [1.82, 2.24) is 4.98 Å². The van der Waals surface area contributed by atoms with Crippen molar-refractivity contribution in [2.75, 3.05) is 24.6 Å². The van der Waals surface area contributed by atoms with Gasteiger partial charge in [0.2, 0.25) is 0 Å². The van der Waals surface area contributed by atoms with E-state index in [1.807, 2.05) is 19.9 Å². The minimum atomic E-state index is 0.0779. The Hall–Kier alpha value is -1.62. The third kappa shape index (κ3) is 2.46. The zero-order chi connectivity index (χ0) is 13.3. The summed E-state index contributed by atoms with van der Waals surface area (Å²) in [5, 5.41) is 7.74. The average molecular weight is 248 g/mol. The van der Waals surface area contributed by atoms with Crippen LogP contribution < -0.4 is 10.6 Å². The number of amidine groups is 1. The number of rotatable bonds is 2. The van der Waals surface area contributed by atoms with Gasteiger partial charge in [-0.1, -0.05) is 0 Å². The summed E-state index contributed by atoms with van der Waals surface area (Å²) in [6.07, 6.45) is 0.201. The average Bonchev–Trinajstić information content (AvgIpc) is 2.27. The maximum atomic E-state index is 7.74. The SMILES string of the molecule is Cc1cc(N2CCOC(C)C2)c(C(=N)N)c(C)n1. The molecule has 98 valence electrons. The van der Waals surface area contributed by atoms with E-state index in [4.69, 9.17) is 15.9 Å². The van der Waals surface area contributed by atoms with E-state index in [-0.39, 0.29) is 11.9 Å². The van der Waals surface area contributed by atoms with Crippen LogP contribution in [-0.2, 0) is 4.74 Å². The molecule has 5 heteroatoms. The van der Waals surface area contributed by atoms with E-state index in [9.17, 15) is 0 Å². The summed E-state index contributed by atoms with van der Waals surface area (Å²) in [6, 6.07) is 2.00. The van der Waals surface area contributed by atoms with Gasteiger partial charge in [-0.2, -0.15) is 0 Å². The van der Waals surface area contributed by atoms with Crippen molar-refractivity contribution in [3.05, 3.63) is 23.0 Å². The first-order chi connectivity index (χ1) is 8.49. The van der Waals surface area contributed by atoms with Gasteiger partial charge in [0.25, 0.3) is 0 Å². The molecule has 0 bridgehead atoms. The molecule has 0 saturated carbocycles. The number of nitrogen functional groups attached to an aromatic ring is 1. The van der Waals surface area contributed by atoms with Gasteiger partial charge in [0.1, 0.15) is 5.84 Å². The molecule has 3 N–H and O–H groups in total. The van der Waals surface area contributed by atoms with E-state index in [0.29, 0.717) is 6.61 Å². The Labute approximate surface area is 107 Å². The standard InChI is InChI=1S/C13H20N4O/c1-8-6-11(12(13(14)15)10(3)16-8)17-4-5-18-9(2)7-17/h6,9H,4-5,7H2,1-3H3,(H3,14,15). The number of nitrogens with zero attached hydrogens (tertiary/aromatic N) is 2. The number of aryl methyl sites for hydroxylation is 2. The molecule has 1 aliphatic heterocycles. The molecular weight excluding hydrogens is 228 g/mol. The number of anilines is 1. The Morgan fingerprint density at radius 3 is 2.89 bits per heavy atom. The minimum Gasteiger partial charge on any atom is -0.384 e. The molecule has 1 aromatic rings. The summed E-state index contributed by atoms with van der Waals surface area (Å²) in [7, 11) is 0. The smallest absolute Gasteiger partial charge is 0.126 e. The highest BCUT2D eigenvalue weighted by Gasteiger charge is 2.22. The van der Waals surface area contributed by atoms with E-state index in [0.717, 1.165) is 35.7 Å². The highest BCUT2D eigenvalue weighted by Crippen LogP contribution is 2.25. The van der Waals surface area contributed by atoms with Crippen molar-refractivity contribution in [2.24, 2.45) is 5.73 Å². The number of nitrogens with two attached hydrogens (primary N) is 1. The summed E-state index contributed by atoms with van der Waals surface area (Å²) in [5.74, 6) is 0.0779. The van der Waals surface area contributed by atoms with Gasteiger partial charge in [-0.25, -0.2) is 0 Å². The molecule has 1 unspecified atom stereocenters. The van der Waals surface area contributed by atoms with Crippen LogP contribution in [0, 0.1) is 19.3 Å². The Balaban J connectivity index is 2.44. The fourth-order valence-corrected chi connectivity index (χ4v) is 2.43. The Morgan fingerprint density at radius 2 is 2.28 bits per heavy atom. The number of pyridine rings is 1. The lowest BCUT2D eigenvalue weighted by Crippen LogP contribution is -2.42. The topological polar surface area (TPSA) is 75.2 Å². The molecule has 1 atom stereocenters. The van der Waals surface area contributed by atoms with E-state index in [2.05, 4.69) is 16.8 Å². The molecule has 1 aromatic heterocycles.